The first-order valence-electron chi connectivity index (χ1n) is 8.54. The van der Waals surface area contributed by atoms with E-state index in [1.54, 1.807) is 17.5 Å². The van der Waals surface area contributed by atoms with E-state index in [4.69, 9.17) is 16.6 Å². The van der Waals surface area contributed by atoms with E-state index in [1.807, 2.05) is 48.5 Å². The minimum atomic E-state index is 0.685. The van der Waals surface area contributed by atoms with Gasteiger partial charge in [-0.05, 0) is 48.5 Å². The van der Waals surface area contributed by atoms with E-state index in [0.29, 0.717) is 5.02 Å². The van der Waals surface area contributed by atoms with Crippen molar-refractivity contribution < 1.29 is 0 Å². The van der Waals surface area contributed by atoms with Crippen LogP contribution in [0.15, 0.2) is 79.0 Å². The molecule has 0 atom stereocenters. The van der Waals surface area contributed by atoms with Gasteiger partial charge < -0.3 is 5.32 Å². The van der Waals surface area contributed by atoms with E-state index in [9.17, 15) is 0 Å². The third-order valence-corrected chi connectivity index (χ3v) is 5.71. The Hall–Kier alpha value is -2.95. The van der Waals surface area contributed by atoms with Gasteiger partial charge in [0, 0.05) is 33.5 Å². The number of nitrogens with one attached hydrogen (secondary N) is 1. The number of nitrogens with zero attached hydrogens (tertiary/aromatic N) is 2. The molecule has 0 aliphatic rings. The molecule has 0 bridgehead atoms. The molecule has 3 aromatic carbocycles. The molecule has 5 rings (SSSR count). The van der Waals surface area contributed by atoms with Crippen molar-refractivity contribution in [2.75, 3.05) is 5.32 Å². The highest BCUT2D eigenvalue weighted by Gasteiger charge is 2.08. The molecule has 0 spiro atoms. The highest BCUT2D eigenvalue weighted by Crippen LogP contribution is 2.33. The maximum atomic E-state index is 6.09. The molecule has 0 saturated carbocycles. The van der Waals surface area contributed by atoms with Gasteiger partial charge in [-0.25, -0.2) is 4.98 Å². The van der Waals surface area contributed by atoms with Crippen molar-refractivity contribution in [1.29, 1.82) is 0 Å². The summed E-state index contributed by atoms with van der Waals surface area (Å²) < 4.78 is 1.20. The lowest BCUT2D eigenvalue weighted by atomic mass is 10.1. The Bertz CT molecular complexity index is 1250. The zero-order valence-electron chi connectivity index (χ0n) is 14.2. The molecule has 3 nitrogen and oxygen atoms in total. The first-order valence-corrected chi connectivity index (χ1v) is 9.73. The molecule has 0 amide bonds. The predicted octanol–water partition coefficient (Wildman–Crippen LogP) is 6.91. The van der Waals surface area contributed by atoms with Gasteiger partial charge in [-0.1, -0.05) is 35.9 Å². The number of benzene rings is 3. The summed E-state index contributed by atoms with van der Waals surface area (Å²) in [6.45, 7) is 0. The largest absolute Gasteiger partial charge is 0.355 e. The second-order valence-electron chi connectivity index (χ2n) is 6.21. The maximum Gasteiger partial charge on any atom is 0.124 e. The number of rotatable bonds is 3. The number of fused-ring (bicyclic) bond motifs is 2. The van der Waals surface area contributed by atoms with Crippen LogP contribution in [0.4, 0.5) is 11.4 Å². The van der Waals surface area contributed by atoms with Gasteiger partial charge in [0.05, 0.1) is 15.7 Å². The molecular formula is C22H14ClN3S. The summed E-state index contributed by atoms with van der Waals surface area (Å²) in [6.07, 6.45) is 1.79. The van der Waals surface area contributed by atoms with Crippen molar-refractivity contribution in [3.05, 3.63) is 84.0 Å². The number of hydrogen-bond acceptors (Lipinski definition) is 4. The molecular weight excluding hydrogens is 374 g/mol. The molecule has 2 heterocycles. The average molecular weight is 388 g/mol. The van der Waals surface area contributed by atoms with E-state index in [-0.39, 0.29) is 0 Å². The summed E-state index contributed by atoms with van der Waals surface area (Å²) in [5, 5.41) is 6.24. The summed E-state index contributed by atoms with van der Waals surface area (Å²) in [5.41, 5.74) is 5.01. The van der Waals surface area contributed by atoms with E-state index in [1.165, 1.54) is 4.70 Å². The number of aromatic nitrogens is 2. The van der Waals surface area contributed by atoms with Crippen LogP contribution in [-0.2, 0) is 0 Å². The summed E-state index contributed by atoms with van der Waals surface area (Å²) in [6, 6.07) is 24.3. The number of thiazole rings is 1. The highest BCUT2D eigenvalue weighted by molar-refractivity contribution is 7.21. The molecule has 0 saturated heterocycles. The highest BCUT2D eigenvalue weighted by atomic mass is 35.5. The Morgan fingerprint density at radius 3 is 2.70 bits per heavy atom. The Morgan fingerprint density at radius 1 is 0.852 bits per heavy atom. The molecule has 0 unspecified atom stereocenters. The topological polar surface area (TPSA) is 37.8 Å². The first-order chi connectivity index (χ1) is 13.3. The van der Waals surface area contributed by atoms with Crippen LogP contribution in [0, 0.1) is 0 Å². The average Bonchev–Trinajstić information content (AvgIpc) is 3.12. The van der Waals surface area contributed by atoms with E-state index in [0.717, 1.165) is 38.4 Å². The van der Waals surface area contributed by atoms with Crippen LogP contribution in [0.5, 0.6) is 0 Å². The first kappa shape index (κ1) is 16.2. The third-order valence-electron chi connectivity index (χ3n) is 4.39. The van der Waals surface area contributed by atoms with Crippen LogP contribution < -0.4 is 5.32 Å². The number of halogens is 1. The van der Waals surface area contributed by atoms with Crippen LogP contribution in [0.25, 0.3) is 31.7 Å². The standard InChI is InChI=1S/C22H14ClN3S/c23-15-8-9-17-18(10-11-24-20(17)13-15)25-16-5-3-4-14(12-16)22-26-19-6-1-2-7-21(19)27-22/h1-13H,(H,24,25). The molecule has 5 aromatic rings. The number of anilines is 2. The number of hydrogen-bond donors (Lipinski definition) is 1. The smallest absolute Gasteiger partial charge is 0.124 e. The zero-order chi connectivity index (χ0) is 18.2. The Labute approximate surface area is 165 Å². The minimum absolute atomic E-state index is 0.685. The predicted molar refractivity (Wildman–Crippen MR) is 115 cm³/mol. The van der Waals surface area contributed by atoms with Crippen molar-refractivity contribution in [1.82, 2.24) is 9.97 Å². The van der Waals surface area contributed by atoms with Gasteiger partial charge in [0.2, 0.25) is 0 Å². The van der Waals surface area contributed by atoms with Crippen LogP contribution in [0.1, 0.15) is 0 Å². The normalized spacial score (nSPS) is 11.1. The summed E-state index contributed by atoms with van der Waals surface area (Å²) in [4.78, 5) is 9.16. The second-order valence-corrected chi connectivity index (χ2v) is 7.68. The zero-order valence-corrected chi connectivity index (χ0v) is 15.8. The van der Waals surface area contributed by atoms with E-state index < -0.39 is 0 Å². The van der Waals surface area contributed by atoms with Crippen molar-refractivity contribution in [3.8, 4) is 10.6 Å². The maximum absolute atomic E-state index is 6.09. The monoisotopic (exact) mass is 387 g/mol. The van der Waals surface area contributed by atoms with Crippen molar-refractivity contribution in [2.24, 2.45) is 0 Å². The van der Waals surface area contributed by atoms with Gasteiger partial charge in [0.25, 0.3) is 0 Å². The summed E-state index contributed by atoms with van der Waals surface area (Å²) in [7, 11) is 0. The second kappa shape index (κ2) is 6.65. The van der Waals surface area contributed by atoms with Crippen LogP contribution in [0.2, 0.25) is 5.02 Å². The van der Waals surface area contributed by atoms with Gasteiger partial charge in [-0.3, -0.25) is 4.98 Å². The molecule has 2 aromatic heterocycles. The molecule has 0 aliphatic carbocycles. The van der Waals surface area contributed by atoms with Gasteiger partial charge >= 0.3 is 0 Å². The van der Waals surface area contributed by atoms with Crippen LogP contribution in [0.3, 0.4) is 0 Å². The van der Waals surface area contributed by atoms with Crippen LogP contribution >= 0.6 is 22.9 Å². The van der Waals surface area contributed by atoms with Crippen molar-refractivity contribution in [3.63, 3.8) is 0 Å². The SMILES string of the molecule is Clc1ccc2c(Nc3cccc(-c4nc5ccccc5s4)c3)ccnc2c1. The Balaban J connectivity index is 1.53. The van der Waals surface area contributed by atoms with Gasteiger partial charge in [-0.2, -0.15) is 0 Å². The van der Waals surface area contributed by atoms with Crippen molar-refractivity contribution >= 4 is 55.4 Å². The fourth-order valence-electron chi connectivity index (χ4n) is 3.11. The fourth-order valence-corrected chi connectivity index (χ4v) is 4.24. The molecule has 0 fully saturated rings. The van der Waals surface area contributed by atoms with Gasteiger partial charge in [0.15, 0.2) is 0 Å². The Morgan fingerprint density at radius 2 is 1.78 bits per heavy atom. The summed E-state index contributed by atoms with van der Waals surface area (Å²) in [5.74, 6) is 0. The lowest BCUT2D eigenvalue weighted by Gasteiger charge is -2.10. The minimum Gasteiger partial charge on any atom is -0.355 e. The van der Waals surface area contributed by atoms with Crippen LogP contribution in [-0.4, -0.2) is 9.97 Å². The van der Waals surface area contributed by atoms with Gasteiger partial charge in [-0.15, -0.1) is 11.3 Å². The fraction of sp³-hybridized carbons (Fsp3) is 0. The molecule has 130 valence electrons. The number of pyridine rings is 1. The third kappa shape index (κ3) is 3.14. The van der Waals surface area contributed by atoms with Crippen molar-refractivity contribution in [2.45, 2.75) is 0 Å². The Kier molecular flexibility index (Phi) is 4.00. The molecule has 0 radical (unpaired) electrons. The molecule has 27 heavy (non-hydrogen) atoms. The molecule has 5 heteroatoms. The summed E-state index contributed by atoms with van der Waals surface area (Å²) >= 11 is 7.79. The van der Waals surface area contributed by atoms with E-state index in [2.05, 4.69) is 34.6 Å². The lowest BCUT2D eigenvalue weighted by Crippen LogP contribution is -1.93. The molecule has 0 aliphatic heterocycles. The lowest BCUT2D eigenvalue weighted by molar-refractivity contribution is 1.40. The van der Waals surface area contributed by atoms with Gasteiger partial charge in [0.1, 0.15) is 5.01 Å². The molecule has 1 N–H and O–H groups in total. The number of para-hydroxylation sites is 1. The quantitative estimate of drug-likeness (QED) is 0.365. The van der Waals surface area contributed by atoms with E-state index >= 15 is 0 Å².